The Morgan fingerprint density at radius 3 is 2.78 bits per heavy atom. The van der Waals surface area contributed by atoms with Gasteiger partial charge in [0.15, 0.2) is 5.65 Å². The van der Waals surface area contributed by atoms with Crippen molar-refractivity contribution >= 4 is 23.2 Å². The van der Waals surface area contributed by atoms with E-state index in [-0.39, 0.29) is 11.7 Å². The van der Waals surface area contributed by atoms with Crippen LogP contribution in [0.3, 0.4) is 0 Å². The van der Waals surface area contributed by atoms with E-state index in [1.54, 1.807) is 16.6 Å². The molecule has 9 heteroatoms. The summed E-state index contributed by atoms with van der Waals surface area (Å²) in [7, 11) is 0. The van der Waals surface area contributed by atoms with Gasteiger partial charge in [-0.25, -0.2) is 13.9 Å². The Kier molecular flexibility index (Phi) is 7.03. The first-order valence-electron chi connectivity index (χ1n) is 10.8. The number of aromatic nitrogens is 3. The van der Waals surface area contributed by atoms with Gasteiger partial charge in [-0.2, -0.15) is 5.10 Å². The second-order valence-corrected chi connectivity index (χ2v) is 8.40. The molecule has 0 atom stereocenters. The minimum atomic E-state index is -0.353. The molecule has 1 amide bonds. The molecule has 170 valence electrons. The molecule has 3 aromatic rings. The Morgan fingerprint density at radius 2 is 2.03 bits per heavy atom. The number of nitrogens with one attached hydrogen (secondary N) is 1. The fourth-order valence-electron chi connectivity index (χ4n) is 4.03. The lowest BCUT2D eigenvalue weighted by molar-refractivity contribution is 0.0374. The summed E-state index contributed by atoms with van der Waals surface area (Å²) >= 11 is 6.21. The van der Waals surface area contributed by atoms with Gasteiger partial charge in [-0.15, -0.1) is 0 Å². The fourth-order valence-corrected chi connectivity index (χ4v) is 4.26. The highest BCUT2D eigenvalue weighted by atomic mass is 35.5. The maximum atomic E-state index is 14.3. The molecule has 1 aliphatic heterocycles. The van der Waals surface area contributed by atoms with Gasteiger partial charge in [0.25, 0.3) is 5.91 Å². The van der Waals surface area contributed by atoms with E-state index in [4.69, 9.17) is 16.3 Å². The average Bonchev–Trinajstić information content (AvgIpc) is 3.20. The number of carbonyl (C=O) groups excluding carboxylic acids is 1. The number of rotatable bonds is 7. The van der Waals surface area contributed by atoms with Crippen molar-refractivity contribution in [3.05, 3.63) is 63.3 Å². The summed E-state index contributed by atoms with van der Waals surface area (Å²) in [6, 6.07) is 4.65. The number of ether oxygens (including phenoxy) is 1. The smallest absolute Gasteiger partial charge is 0.256 e. The third-order valence-corrected chi connectivity index (χ3v) is 6.26. The highest BCUT2D eigenvalue weighted by Crippen LogP contribution is 2.26. The standard InChI is InChI=1S/C23H27ClFN5O2/c1-15-17(13-18-20(24)5-3-6-21(18)25)16(2)30-22(28-15)19(14-27-30)23(31)26-7-4-8-29-9-11-32-12-10-29/h3,5-6,14H,4,7-13H2,1-2H3,(H,26,31). The van der Waals surface area contributed by atoms with Gasteiger partial charge in [0.05, 0.1) is 19.4 Å². The molecule has 0 radical (unpaired) electrons. The summed E-state index contributed by atoms with van der Waals surface area (Å²) in [5, 5.41) is 7.72. The number of carbonyl (C=O) groups is 1. The second-order valence-electron chi connectivity index (χ2n) is 8.00. The number of aryl methyl sites for hydroxylation is 2. The number of fused-ring (bicyclic) bond motifs is 1. The van der Waals surface area contributed by atoms with Gasteiger partial charge < -0.3 is 10.1 Å². The highest BCUT2D eigenvalue weighted by molar-refractivity contribution is 6.31. The van der Waals surface area contributed by atoms with Crippen molar-refractivity contribution in [3.63, 3.8) is 0 Å². The van der Waals surface area contributed by atoms with Crippen molar-refractivity contribution in [1.82, 2.24) is 24.8 Å². The molecule has 0 saturated carbocycles. The normalized spacial score (nSPS) is 14.8. The van der Waals surface area contributed by atoms with Crippen LogP contribution in [-0.2, 0) is 11.2 Å². The Morgan fingerprint density at radius 1 is 1.25 bits per heavy atom. The molecule has 0 spiro atoms. The van der Waals surface area contributed by atoms with Crippen LogP contribution in [0.2, 0.25) is 5.02 Å². The van der Waals surface area contributed by atoms with Crippen molar-refractivity contribution in [1.29, 1.82) is 0 Å². The summed E-state index contributed by atoms with van der Waals surface area (Å²) in [4.78, 5) is 19.7. The van der Waals surface area contributed by atoms with E-state index in [0.717, 1.165) is 56.2 Å². The topological polar surface area (TPSA) is 71.8 Å². The molecule has 1 saturated heterocycles. The lowest BCUT2D eigenvalue weighted by Crippen LogP contribution is -2.38. The van der Waals surface area contributed by atoms with Crippen LogP contribution in [0.15, 0.2) is 24.4 Å². The van der Waals surface area contributed by atoms with Crippen molar-refractivity contribution in [2.24, 2.45) is 0 Å². The van der Waals surface area contributed by atoms with Crippen LogP contribution in [-0.4, -0.2) is 64.8 Å². The van der Waals surface area contributed by atoms with Gasteiger partial charge in [0, 0.05) is 48.0 Å². The second kappa shape index (κ2) is 9.94. The number of amides is 1. The first-order valence-corrected chi connectivity index (χ1v) is 11.2. The lowest BCUT2D eigenvalue weighted by atomic mass is 10.0. The van der Waals surface area contributed by atoms with Crippen molar-refractivity contribution in [2.75, 3.05) is 39.4 Å². The molecule has 0 bridgehead atoms. The molecule has 1 aromatic carbocycles. The van der Waals surface area contributed by atoms with Crippen LogP contribution in [0.5, 0.6) is 0 Å². The molecule has 3 heterocycles. The first-order chi connectivity index (χ1) is 15.5. The van der Waals surface area contributed by atoms with Crippen LogP contribution in [0, 0.1) is 19.7 Å². The molecule has 0 aliphatic carbocycles. The van der Waals surface area contributed by atoms with Gasteiger partial charge in [-0.05, 0) is 44.5 Å². The zero-order valence-electron chi connectivity index (χ0n) is 18.3. The summed E-state index contributed by atoms with van der Waals surface area (Å²) in [5.41, 5.74) is 3.71. The molecule has 32 heavy (non-hydrogen) atoms. The largest absolute Gasteiger partial charge is 0.379 e. The molecule has 7 nitrogen and oxygen atoms in total. The van der Waals surface area contributed by atoms with E-state index in [1.165, 1.54) is 12.3 Å². The third-order valence-electron chi connectivity index (χ3n) is 5.91. The predicted molar refractivity (Wildman–Crippen MR) is 121 cm³/mol. The zero-order chi connectivity index (χ0) is 22.7. The van der Waals surface area contributed by atoms with Crippen molar-refractivity contribution < 1.29 is 13.9 Å². The van der Waals surface area contributed by atoms with Gasteiger partial charge in [-0.1, -0.05) is 17.7 Å². The summed E-state index contributed by atoms with van der Waals surface area (Å²) in [6.07, 6.45) is 2.70. The van der Waals surface area contributed by atoms with Gasteiger partial charge in [-0.3, -0.25) is 9.69 Å². The highest BCUT2D eigenvalue weighted by Gasteiger charge is 2.20. The van der Waals surface area contributed by atoms with E-state index in [0.29, 0.717) is 34.8 Å². The van der Waals surface area contributed by atoms with Crippen LogP contribution < -0.4 is 5.32 Å². The van der Waals surface area contributed by atoms with E-state index in [2.05, 4.69) is 20.3 Å². The maximum absolute atomic E-state index is 14.3. The van der Waals surface area contributed by atoms with Crippen molar-refractivity contribution in [3.8, 4) is 0 Å². The summed E-state index contributed by atoms with van der Waals surface area (Å²) in [5.74, 6) is -0.549. The minimum Gasteiger partial charge on any atom is -0.379 e. The molecule has 1 aliphatic rings. The molecule has 1 N–H and O–H groups in total. The Balaban J connectivity index is 1.48. The fraction of sp³-hybridized carbons (Fsp3) is 0.435. The molecular formula is C23H27ClFN5O2. The number of morpholine rings is 1. The quantitative estimate of drug-likeness (QED) is 0.549. The Bertz CT molecular complexity index is 1110. The number of benzene rings is 1. The maximum Gasteiger partial charge on any atom is 0.256 e. The average molecular weight is 460 g/mol. The zero-order valence-corrected chi connectivity index (χ0v) is 19.1. The number of nitrogens with zero attached hydrogens (tertiary/aromatic N) is 4. The van der Waals surface area contributed by atoms with E-state index in [1.807, 2.05) is 13.8 Å². The van der Waals surface area contributed by atoms with E-state index < -0.39 is 0 Å². The van der Waals surface area contributed by atoms with Crippen molar-refractivity contribution in [2.45, 2.75) is 26.7 Å². The van der Waals surface area contributed by atoms with Crippen LogP contribution >= 0.6 is 11.6 Å². The van der Waals surface area contributed by atoms with Gasteiger partial charge >= 0.3 is 0 Å². The summed E-state index contributed by atoms with van der Waals surface area (Å²) in [6.45, 7) is 8.66. The molecule has 1 fully saturated rings. The van der Waals surface area contributed by atoms with Crippen LogP contribution in [0.25, 0.3) is 5.65 Å². The molecule has 0 unspecified atom stereocenters. The van der Waals surface area contributed by atoms with Gasteiger partial charge in [0.2, 0.25) is 0 Å². The first kappa shape index (κ1) is 22.6. The molecule has 2 aromatic heterocycles. The number of hydrogen-bond acceptors (Lipinski definition) is 5. The van der Waals surface area contributed by atoms with Crippen LogP contribution in [0.1, 0.15) is 39.3 Å². The lowest BCUT2D eigenvalue weighted by Gasteiger charge is -2.26. The SMILES string of the molecule is Cc1nc2c(C(=O)NCCCN3CCOCC3)cnn2c(C)c1Cc1c(F)cccc1Cl. The Labute approximate surface area is 191 Å². The van der Waals surface area contributed by atoms with Crippen LogP contribution in [0.4, 0.5) is 4.39 Å². The molecular weight excluding hydrogens is 433 g/mol. The van der Waals surface area contributed by atoms with Gasteiger partial charge in [0.1, 0.15) is 11.4 Å². The predicted octanol–water partition coefficient (Wildman–Crippen LogP) is 3.18. The third kappa shape index (κ3) is 4.77. The van der Waals surface area contributed by atoms with E-state index in [9.17, 15) is 9.18 Å². The summed E-state index contributed by atoms with van der Waals surface area (Å²) < 4.78 is 21.3. The Hall–Kier alpha value is -2.55. The minimum absolute atomic E-state index is 0.196. The van der Waals surface area contributed by atoms with E-state index >= 15 is 0 Å². The number of hydrogen-bond donors (Lipinski definition) is 1. The number of halogens is 2. The molecule has 4 rings (SSSR count). The monoisotopic (exact) mass is 459 g/mol.